The minimum absolute atomic E-state index is 0.0264. The van der Waals surface area contributed by atoms with E-state index in [0.717, 1.165) is 5.56 Å². The van der Waals surface area contributed by atoms with Crippen LogP contribution >= 0.6 is 0 Å². The molecule has 2 aromatic rings. The maximum atomic E-state index is 8.69. The van der Waals surface area contributed by atoms with Gasteiger partial charge in [-0.3, -0.25) is 0 Å². The molecule has 5 nitrogen and oxygen atoms in total. The van der Waals surface area contributed by atoms with Gasteiger partial charge in [0.15, 0.2) is 17.3 Å². The van der Waals surface area contributed by atoms with Gasteiger partial charge in [0.2, 0.25) is 0 Å². The van der Waals surface area contributed by atoms with E-state index in [0.29, 0.717) is 23.7 Å². The Labute approximate surface area is 123 Å². The molecule has 3 N–H and O–H groups in total. The second-order valence-corrected chi connectivity index (χ2v) is 4.63. The number of methoxy groups -OCH3 is 1. The van der Waals surface area contributed by atoms with Crippen LogP contribution in [0.2, 0.25) is 0 Å². The van der Waals surface area contributed by atoms with Gasteiger partial charge in [0.25, 0.3) is 0 Å². The molecule has 0 amide bonds. The summed E-state index contributed by atoms with van der Waals surface area (Å²) < 4.78 is 11.0. The number of benzene rings is 2. The first-order chi connectivity index (χ1) is 10.1. The number of hydrogen-bond acceptors (Lipinski definition) is 4. The summed E-state index contributed by atoms with van der Waals surface area (Å²) in [4.78, 5) is 0. The van der Waals surface area contributed by atoms with Gasteiger partial charge in [0.05, 0.1) is 7.11 Å². The molecule has 0 atom stereocenters. The molecule has 0 aliphatic rings. The van der Waals surface area contributed by atoms with Crippen LogP contribution < -0.4 is 15.2 Å². The first-order valence-electron chi connectivity index (χ1n) is 6.48. The molecular weight excluding hydrogens is 268 g/mol. The lowest BCUT2D eigenvalue weighted by molar-refractivity contribution is 0.284. The maximum Gasteiger partial charge on any atom is 0.170 e. The van der Waals surface area contributed by atoms with Crippen LogP contribution in [0.15, 0.2) is 47.6 Å². The molecule has 5 heteroatoms. The van der Waals surface area contributed by atoms with Crippen LogP contribution in [0.5, 0.6) is 11.5 Å². The van der Waals surface area contributed by atoms with Crippen LogP contribution in [0.3, 0.4) is 0 Å². The van der Waals surface area contributed by atoms with Gasteiger partial charge in [0.1, 0.15) is 6.61 Å². The van der Waals surface area contributed by atoms with Gasteiger partial charge in [-0.15, -0.1) is 0 Å². The molecule has 2 rings (SSSR count). The number of oxime groups is 1. The van der Waals surface area contributed by atoms with Gasteiger partial charge < -0.3 is 20.4 Å². The third kappa shape index (κ3) is 3.66. The number of aryl methyl sites for hydroxylation is 1. The average Bonchev–Trinajstić information content (AvgIpc) is 2.52. The Morgan fingerprint density at radius 2 is 2.00 bits per heavy atom. The van der Waals surface area contributed by atoms with E-state index in [4.69, 9.17) is 20.4 Å². The lowest BCUT2D eigenvalue weighted by Crippen LogP contribution is -2.13. The molecule has 0 saturated carbocycles. The third-order valence-electron chi connectivity index (χ3n) is 3.04. The van der Waals surface area contributed by atoms with E-state index >= 15 is 0 Å². The first-order valence-corrected chi connectivity index (χ1v) is 6.48. The van der Waals surface area contributed by atoms with E-state index in [1.165, 1.54) is 5.56 Å². The van der Waals surface area contributed by atoms with Crippen molar-refractivity contribution in [3.05, 3.63) is 59.2 Å². The Bertz CT molecular complexity index is 654. The minimum atomic E-state index is 0.0264. The summed E-state index contributed by atoms with van der Waals surface area (Å²) in [6.45, 7) is 2.48. The van der Waals surface area contributed by atoms with E-state index in [1.807, 2.05) is 25.1 Å². The van der Waals surface area contributed by atoms with E-state index in [1.54, 1.807) is 25.3 Å². The lowest BCUT2D eigenvalue weighted by Gasteiger charge is -2.12. The molecule has 0 aliphatic heterocycles. The van der Waals surface area contributed by atoms with Crippen molar-refractivity contribution in [2.24, 2.45) is 10.9 Å². The van der Waals surface area contributed by atoms with Crippen LogP contribution in [0.25, 0.3) is 0 Å². The van der Waals surface area contributed by atoms with Gasteiger partial charge in [-0.1, -0.05) is 35.0 Å². The van der Waals surface area contributed by atoms with Crippen molar-refractivity contribution in [1.29, 1.82) is 0 Å². The molecule has 0 fully saturated rings. The average molecular weight is 286 g/mol. The van der Waals surface area contributed by atoms with Gasteiger partial charge in [-0.2, -0.15) is 0 Å². The first kappa shape index (κ1) is 14.7. The summed E-state index contributed by atoms with van der Waals surface area (Å²) >= 11 is 0. The van der Waals surface area contributed by atoms with Gasteiger partial charge in [0, 0.05) is 5.56 Å². The largest absolute Gasteiger partial charge is 0.493 e. The van der Waals surface area contributed by atoms with E-state index in [-0.39, 0.29) is 5.84 Å². The quantitative estimate of drug-likeness (QED) is 0.383. The van der Waals surface area contributed by atoms with Crippen LogP contribution in [0, 0.1) is 6.92 Å². The smallest absolute Gasteiger partial charge is 0.170 e. The molecule has 0 heterocycles. The van der Waals surface area contributed by atoms with Gasteiger partial charge in [-0.05, 0) is 30.7 Å². The van der Waals surface area contributed by atoms with Gasteiger partial charge >= 0.3 is 0 Å². The van der Waals surface area contributed by atoms with E-state index in [9.17, 15) is 0 Å². The molecule has 2 aromatic carbocycles. The number of nitrogens with zero attached hydrogens (tertiary/aromatic N) is 1. The summed E-state index contributed by atoms with van der Waals surface area (Å²) in [5, 5.41) is 11.7. The molecule has 21 heavy (non-hydrogen) atoms. The van der Waals surface area contributed by atoms with Crippen LogP contribution in [0.1, 0.15) is 16.7 Å². The third-order valence-corrected chi connectivity index (χ3v) is 3.04. The topological polar surface area (TPSA) is 77.1 Å². The molecule has 0 unspecified atom stereocenters. The molecule has 0 spiro atoms. The summed E-state index contributed by atoms with van der Waals surface area (Å²) in [6, 6.07) is 13.2. The summed E-state index contributed by atoms with van der Waals surface area (Å²) in [6.07, 6.45) is 0. The molecule has 110 valence electrons. The Hall–Kier alpha value is -2.69. The van der Waals surface area contributed by atoms with Crippen molar-refractivity contribution < 1.29 is 14.7 Å². The number of rotatable bonds is 5. The highest BCUT2D eigenvalue weighted by Crippen LogP contribution is 2.28. The summed E-state index contributed by atoms with van der Waals surface area (Å²) in [5.74, 6) is 1.17. The van der Waals surface area contributed by atoms with Crippen LogP contribution in [-0.2, 0) is 6.61 Å². The zero-order chi connectivity index (χ0) is 15.2. The second kappa shape index (κ2) is 6.65. The Balaban J connectivity index is 2.16. The van der Waals surface area contributed by atoms with Crippen molar-refractivity contribution in [3.63, 3.8) is 0 Å². The molecule has 0 bridgehead atoms. The van der Waals surface area contributed by atoms with E-state index in [2.05, 4.69) is 11.2 Å². The maximum absolute atomic E-state index is 8.69. The predicted octanol–water partition coefficient (Wildman–Crippen LogP) is 2.68. The van der Waals surface area contributed by atoms with Crippen LogP contribution in [0.4, 0.5) is 0 Å². The SMILES string of the molecule is COc1cc(/C(N)=N/O)ccc1OCc1cccc(C)c1. The highest BCUT2D eigenvalue weighted by Gasteiger charge is 2.08. The van der Waals surface area contributed by atoms with Crippen molar-refractivity contribution in [1.82, 2.24) is 0 Å². The Kier molecular flexibility index (Phi) is 4.66. The number of nitrogens with two attached hydrogens (primary N) is 1. The van der Waals surface area contributed by atoms with Crippen molar-refractivity contribution in [2.75, 3.05) is 7.11 Å². The Morgan fingerprint density at radius 1 is 1.19 bits per heavy atom. The number of amidine groups is 1. The lowest BCUT2D eigenvalue weighted by atomic mass is 10.1. The van der Waals surface area contributed by atoms with Crippen LogP contribution in [-0.4, -0.2) is 18.2 Å². The zero-order valence-electron chi connectivity index (χ0n) is 12.0. The fourth-order valence-electron chi connectivity index (χ4n) is 1.97. The second-order valence-electron chi connectivity index (χ2n) is 4.63. The summed E-state index contributed by atoms with van der Waals surface area (Å²) in [7, 11) is 1.55. The molecule has 0 saturated heterocycles. The summed E-state index contributed by atoms with van der Waals surface area (Å²) in [5.41, 5.74) is 8.39. The fraction of sp³-hybridized carbons (Fsp3) is 0.188. The standard InChI is InChI=1S/C16H18N2O3/c1-11-4-3-5-12(8-11)10-21-14-7-6-13(16(17)18-19)9-15(14)20-2/h3-9,19H,10H2,1-2H3,(H2,17,18). The highest BCUT2D eigenvalue weighted by atomic mass is 16.5. The van der Waals surface area contributed by atoms with Crippen molar-refractivity contribution >= 4 is 5.84 Å². The Morgan fingerprint density at radius 3 is 2.67 bits per heavy atom. The van der Waals surface area contributed by atoms with Gasteiger partial charge in [-0.25, -0.2) is 0 Å². The predicted molar refractivity (Wildman–Crippen MR) is 81.0 cm³/mol. The fourth-order valence-corrected chi connectivity index (χ4v) is 1.97. The molecule has 0 aliphatic carbocycles. The highest BCUT2D eigenvalue weighted by molar-refractivity contribution is 5.97. The molecule has 0 aromatic heterocycles. The molecule has 0 radical (unpaired) electrons. The number of hydrogen-bond donors (Lipinski definition) is 2. The monoisotopic (exact) mass is 286 g/mol. The minimum Gasteiger partial charge on any atom is -0.493 e. The van der Waals surface area contributed by atoms with Crippen molar-refractivity contribution in [3.8, 4) is 11.5 Å². The van der Waals surface area contributed by atoms with E-state index < -0.39 is 0 Å². The normalized spacial score (nSPS) is 11.2. The number of ether oxygens (including phenoxy) is 2. The zero-order valence-corrected chi connectivity index (χ0v) is 12.0. The van der Waals surface area contributed by atoms with Crippen molar-refractivity contribution in [2.45, 2.75) is 13.5 Å². The molecular formula is C16H18N2O3.